The van der Waals surface area contributed by atoms with Crippen LogP contribution in [0.5, 0.6) is 0 Å². The molecule has 0 unspecified atom stereocenters. The number of aliphatic hydroxyl groups excluding tert-OH is 3. The molecular weight excluding hydrogens is 392 g/mol. The Kier molecular flexibility index (Phi) is 18.6. The zero-order chi connectivity index (χ0) is 22.6. The summed E-state index contributed by atoms with van der Waals surface area (Å²) in [4.78, 5) is 0. The Labute approximate surface area is 191 Å². The second-order valence-electron chi connectivity index (χ2n) is 9.07. The number of hydrogen-bond donors (Lipinski definition) is 3. The lowest BCUT2D eigenvalue weighted by Crippen LogP contribution is -2.42. The maximum absolute atomic E-state index is 9.91. The second kappa shape index (κ2) is 20.2. The molecule has 0 aromatic carbocycles. The number of aliphatic hydroxyl groups is 3. The molecule has 0 radical (unpaired) electrons. The Morgan fingerprint density at radius 1 is 0.839 bits per heavy atom. The summed E-state index contributed by atoms with van der Waals surface area (Å²) in [5.41, 5.74) is 0. The van der Waals surface area contributed by atoms with Crippen LogP contribution in [0.15, 0.2) is 12.2 Å². The van der Waals surface area contributed by atoms with Crippen LogP contribution in [0, 0.1) is 0 Å². The van der Waals surface area contributed by atoms with Gasteiger partial charge in [0.15, 0.2) is 0 Å². The fourth-order valence-electron chi connectivity index (χ4n) is 4.25. The number of rotatable bonds is 21. The van der Waals surface area contributed by atoms with E-state index in [4.69, 9.17) is 14.6 Å². The van der Waals surface area contributed by atoms with Crippen molar-refractivity contribution in [2.24, 2.45) is 0 Å². The average molecular weight is 443 g/mol. The fraction of sp³-hybridized carbons (Fsp3) is 0.923. The first-order valence-corrected chi connectivity index (χ1v) is 13.1. The van der Waals surface area contributed by atoms with Crippen molar-refractivity contribution in [3.63, 3.8) is 0 Å². The minimum Gasteiger partial charge on any atom is -0.394 e. The number of allylic oxidation sites excluding steroid dienone is 2. The van der Waals surface area contributed by atoms with E-state index >= 15 is 0 Å². The Balaban J connectivity index is 1.80. The fourth-order valence-corrected chi connectivity index (χ4v) is 4.25. The molecule has 1 aliphatic rings. The van der Waals surface area contributed by atoms with Crippen molar-refractivity contribution < 1.29 is 24.8 Å². The van der Waals surface area contributed by atoms with Crippen LogP contribution < -0.4 is 0 Å². The van der Waals surface area contributed by atoms with Crippen molar-refractivity contribution in [3.05, 3.63) is 12.2 Å². The molecule has 0 aliphatic carbocycles. The van der Waals surface area contributed by atoms with Gasteiger partial charge >= 0.3 is 0 Å². The molecule has 3 N–H and O–H groups in total. The Hall–Kier alpha value is -0.460. The lowest BCUT2D eigenvalue weighted by molar-refractivity contribution is -0.0938. The van der Waals surface area contributed by atoms with Gasteiger partial charge in [0.25, 0.3) is 0 Å². The first-order chi connectivity index (χ1) is 15.2. The molecule has 1 rings (SSSR count). The Morgan fingerprint density at radius 2 is 1.35 bits per heavy atom. The second-order valence-corrected chi connectivity index (χ2v) is 9.07. The molecule has 0 spiro atoms. The summed E-state index contributed by atoms with van der Waals surface area (Å²) >= 11 is 0. The molecule has 0 saturated carbocycles. The van der Waals surface area contributed by atoms with Gasteiger partial charge in [-0.1, -0.05) is 96.1 Å². The van der Waals surface area contributed by atoms with Crippen LogP contribution >= 0.6 is 0 Å². The highest BCUT2D eigenvalue weighted by molar-refractivity contribution is 4.89. The van der Waals surface area contributed by atoms with E-state index in [1.807, 2.05) is 0 Å². The SMILES string of the molecule is CC/C=C/CCCCCCCCCCCCCCCCO[C@H]1[C@@H]([C@H](O)CO)OC[C@@H]1O. The molecule has 1 heterocycles. The Bertz CT molecular complexity index is 415. The molecule has 5 nitrogen and oxygen atoms in total. The van der Waals surface area contributed by atoms with Gasteiger partial charge in [-0.2, -0.15) is 0 Å². The predicted octanol–water partition coefficient (Wildman–Crippen LogP) is 5.30. The lowest BCUT2D eigenvalue weighted by Gasteiger charge is -2.23. The minimum absolute atomic E-state index is 0.156. The molecule has 1 saturated heterocycles. The quantitative estimate of drug-likeness (QED) is 0.166. The molecule has 0 amide bonds. The van der Waals surface area contributed by atoms with Crippen LogP contribution in [-0.2, 0) is 9.47 Å². The number of unbranched alkanes of at least 4 members (excludes halogenated alkanes) is 14. The Morgan fingerprint density at radius 3 is 1.87 bits per heavy atom. The van der Waals surface area contributed by atoms with Gasteiger partial charge in [-0.15, -0.1) is 0 Å². The first kappa shape index (κ1) is 28.6. The topological polar surface area (TPSA) is 79.2 Å². The van der Waals surface area contributed by atoms with Crippen LogP contribution in [0.25, 0.3) is 0 Å². The van der Waals surface area contributed by atoms with Gasteiger partial charge in [0, 0.05) is 6.61 Å². The molecule has 0 aromatic heterocycles. The van der Waals surface area contributed by atoms with Gasteiger partial charge in [-0.05, 0) is 25.7 Å². The van der Waals surface area contributed by atoms with Gasteiger partial charge < -0.3 is 24.8 Å². The molecule has 1 fully saturated rings. The van der Waals surface area contributed by atoms with Gasteiger partial charge in [-0.25, -0.2) is 0 Å². The third-order valence-corrected chi connectivity index (χ3v) is 6.21. The van der Waals surface area contributed by atoms with Crippen LogP contribution in [0.4, 0.5) is 0 Å². The zero-order valence-corrected chi connectivity index (χ0v) is 20.1. The largest absolute Gasteiger partial charge is 0.394 e. The summed E-state index contributed by atoms with van der Waals surface area (Å²) in [6, 6.07) is 0. The standard InChI is InChI=1S/C26H50O5/c1-2-3-4-5-6-7-8-9-10-11-12-13-14-15-16-17-18-19-20-30-26-24(29)22-31-25(26)23(28)21-27/h3-4,23-29H,2,5-22H2,1H3/b4-3+/t23-,24+,25-,26-/m1/s1. The average Bonchev–Trinajstić information content (AvgIpc) is 3.15. The van der Waals surface area contributed by atoms with Gasteiger partial charge in [0.05, 0.1) is 13.2 Å². The lowest BCUT2D eigenvalue weighted by atomic mass is 10.0. The van der Waals surface area contributed by atoms with Crippen molar-refractivity contribution in [1.82, 2.24) is 0 Å². The number of ether oxygens (including phenoxy) is 2. The summed E-state index contributed by atoms with van der Waals surface area (Å²) in [5.74, 6) is 0. The summed E-state index contributed by atoms with van der Waals surface area (Å²) in [6.07, 6.45) is 22.5. The first-order valence-electron chi connectivity index (χ1n) is 13.1. The molecular formula is C26H50O5. The highest BCUT2D eigenvalue weighted by atomic mass is 16.6. The van der Waals surface area contributed by atoms with E-state index < -0.39 is 24.4 Å². The smallest absolute Gasteiger partial charge is 0.114 e. The molecule has 31 heavy (non-hydrogen) atoms. The van der Waals surface area contributed by atoms with Crippen LogP contribution in [-0.4, -0.2) is 59.6 Å². The third kappa shape index (κ3) is 14.3. The summed E-state index contributed by atoms with van der Waals surface area (Å²) in [7, 11) is 0. The van der Waals surface area contributed by atoms with Gasteiger partial charge in [-0.3, -0.25) is 0 Å². The van der Waals surface area contributed by atoms with Gasteiger partial charge in [0.1, 0.15) is 24.4 Å². The molecule has 5 heteroatoms. The van der Waals surface area contributed by atoms with Crippen molar-refractivity contribution in [3.8, 4) is 0 Å². The van der Waals surface area contributed by atoms with E-state index in [0.717, 1.165) is 19.3 Å². The predicted molar refractivity (Wildman–Crippen MR) is 127 cm³/mol. The number of hydrogen-bond acceptors (Lipinski definition) is 5. The third-order valence-electron chi connectivity index (χ3n) is 6.21. The molecule has 4 atom stereocenters. The highest BCUT2D eigenvalue weighted by Gasteiger charge is 2.40. The van der Waals surface area contributed by atoms with Crippen molar-refractivity contribution >= 4 is 0 Å². The van der Waals surface area contributed by atoms with E-state index in [1.54, 1.807) is 0 Å². The van der Waals surface area contributed by atoms with Gasteiger partial charge in [0.2, 0.25) is 0 Å². The highest BCUT2D eigenvalue weighted by Crippen LogP contribution is 2.21. The van der Waals surface area contributed by atoms with Crippen LogP contribution in [0.1, 0.15) is 110 Å². The molecule has 1 aliphatic heterocycles. The molecule has 0 bridgehead atoms. The monoisotopic (exact) mass is 442 g/mol. The maximum atomic E-state index is 9.91. The maximum Gasteiger partial charge on any atom is 0.114 e. The zero-order valence-electron chi connectivity index (χ0n) is 20.1. The summed E-state index contributed by atoms with van der Waals surface area (Å²) in [5, 5.41) is 28.7. The summed E-state index contributed by atoms with van der Waals surface area (Å²) < 4.78 is 11.1. The van der Waals surface area contributed by atoms with Crippen LogP contribution in [0.3, 0.4) is 0 Å². The summed E-state index contributed by atoms with van der Waals surface area (Å²) in [6.45, 7) is 2.53. The van der Waals surface area contributed by atoms with Crippen molar-refractivity contribution in [2.45, 2.75) is 134 Å². The van der Waals surface area contributed by atoms with Crippen molar-refractivity contribution in [2.75, 3.05) is 19.8 Å². The van der Waals surface area contributed by atoms with E-state index in [1.165, 1.54) is 83.5 Å². The molecule has 0 aromatic rings. The van der Waals surface area contributed by atoms with Crippen LogP contribution in [0.2, 0.25) is 0 Å². The van der Waals surface area contributed by atoms with Crippen molar-refractivity contribution in [1.29, 1.82) is 0 Å². The normalized spacial score (nSPS) is 22.5. The van der Waals surface area contributed by atoms with E-state index in [-0.39, 0.29) is 13.2 Å². The van der Waals surface area contributed by atoms with E-state index in [9.17, 15) is 10.2 Å². The molecule has 184 valence electrons. The van der Waals surface area contributed by atoms with E-state index in [2.05, 4.69) is 19.1 Å². The minimum atomic E-state index is -1.000. The van der Waals surface area contributed by atoms with E-state index in [0.29, 0.717) is 6.61 Å².